The highest BCUT2D eigenvalue weighted by atomic mass is 16.5. The Hall–Kier alpha value is -2.18. The van der Waals surface area contributed by atoms with E-state index in [4.69, 9.17) is 4.74 Å². The molecule has 0 amide bonds. The molecule has 1 aliphatic rings. The van der Waals surface area contributed by atoms with Crippen LogP contribution in [0.15, 0.2) is 18.2 Å². The van der Waals surface area contributed by atoms with Crippen LogP contribution in [0.4, 0.5) is 0 Å². The quantitative estimate of drug-likeness (QED) is 0.794. The summed E-state index contributed by atoms with van der Waals surface area (Å²) in [4.78, 5) is 5.82. The van der Waals surface area contributed by atoms with Gasteiger partial charge in [-0.2, -0.15) is 0 Å². The zero-order valence-electron chi connectivity index (χ0n) is 15.2. The van der Waals surface area contributed by atoms with Crippen molar-refractivity contribution in [1.29, 1.82) is 0 Å². The van der Waals surface area contributed by atoms with Gasteiger partial charge < -0.3 is 14.3 Å². The van der Waals surface area contributed by atoms with Gasteiger partial charge in [-0.15, -0.1) is 10.2 Å². The number of benzene rings is 1. The molecule has 3 heterocycles. The van der Waals surface area contributed by atoms with Crippen molar-refractivity contribution in [2.75, 3.05) is 20.3 Å². The van der Waals surface area contributed by atoms with E-state index in [0.29, 0.717) is 0 Å². The Bertz CT molecular complexity index is 895. The van der Waals surface area contributed by atoms with Gasteiger partial charge >= 0.3 is 0 Å². The number of rotatable bonds is 4. The average molecular weight is 339 g/mol. The third-order valence-electron chi connectivity index (χ3n) is 5.08. The predicted octanol–water partition coefficient (Wildman–Crippen LogP) is 2.58. The van der Waals surface area contributed by atoms with Gasteiger partial charge in [0.05, 0.1) is 19.8 Å². The van der Waals surface area contributed by atoms with Gasteiger partial charge in [0.2, 0.25) is 0 Å². The molecule has 1 aromatic carbocycles. The van der Waals surface area contributed by atoms with E-state index in [1.54, 1.807) is 0 Å². The Morgan fingerprint density at radius 3 is 2.96 bits per heavy atom. The molecule has 1 N–H and O–H groups in total. The van der Waals surface area contributed by atoms with E-state index in [-0.39, 0.29) is 0 Å². The number of hydrogen-bond donors (Lipinski definition) is 1. The Morgan fingerprint density at radius 2 is 2.08 bits per heavy atom. The predicted molar refractivity (Wildman–Crippen MR) is 97.5 cm³/mol. The average Bonchev–Trinajstić information content (AvgIpc) is 3.07. The molecule has 25 heavy (non-hydrogen) atoms. The van der Waals surface area contributed by atoms with Crippen molar-refractivity contribution >= 4 is 10.9 Å². The normalized spacial score (nSPS) is 14.9. The van der Waals surface area contributed by atoms with Gasteiger partial charge in [0, 0.05) is 36.1 Å². The molecule has 0 saturated carbocycles. The van der Waals surface area contributed by atoms with E-state index in [2.05, 4.69) is 63.7 Å². The second kappa shape index (κ2) is 6.61. The molecule has 0 unspecified atom stereocenters. The minimum atomic E-state index is 0.738. The van der Waals surface area contributed by atoms with Crippen molar-refractivity contribution in [3.05, 3.63) is 46.7 Å². The van der Waals surface area contributed by atoms with E-state index in [1.807, 2.05) is 0 Å². The van der Waals surface area contributed by atoms with E-state index in [9.17, 15) is 0 Å². The number of nitrogens with zero attached hydrogens (tertiary/aromatic N) is 4. The second-order valence-corrected chi connectivity index (χ2v) is 6.98. The van der Waals surface area contributed by atoms with Crippen molar-refractivity contribution < 1.29 is 4.74 Å². The SMILES string of the molecule is Cc1ccc2[nH]c(CN(C)Cc3nnc4n3CCOCC4)cc2c1C. The van der Waals surface area contributed by atoms with E-state index < -0.39 is 0 Å². The maximum atomic E-state index is 5.54. The lowest BCUT2D eigenvalue weighted by Crippen LogP contribution is -2.21. The first-order chi connectivity index (χ1) is 12.1. The summed E-state index contributed by atoms with van der Waals surface area (Å²) in [6.45, 7) is 8.30. The van der Waals surface area contributed by atoms with Gasteiger partial charge in [0.25, 0.3) is 0 Å². The molecule has 0 saturated heterocycles. The summed E-state index contributed by atoms with van der Waals surface area (Å²) in [6.07, 6.45) is 0.845. The molecular weight excluding hydrogens is 314 g/mol. The van der Waals surface area contributed by atoms with Crippen LogP contribution < -0.4 is 0 Å². The van der Waals surface area contributed by atoms with Crippen LogP contribution >= 0.6 is 0 Å². The zero-order valence-corrected chi connectivity index (χ0v) is 15.2. The minimum Gasteiger partial charge on any atom is -0.379 e. The van der Waals surface area contributed by atoms with Crippen molar-refractivity contribution in [1.82, 2.24) is 24.6 Å². The Labute approximate surface area is 147 Å². The molecule has 0 spiro atoms. The molecule has 0 bridgehead atoms. The number of H-pyrrole nitrogens is 1. The van der Waals surface area contributed by atoms with Gasteiger partial charge in [-0.05, 0) is 44.2 Å². The lowest BCUT2D eigenvalue weighted by Gasteiger charge is -2.16. The molecule has 6 nitrogen and oxygen atoms in total. The van der Waals surface area contributed by atoms with Crippen LogP contribution in [0.3, 0.4) is 0 Å². The molecule has 4 rings (SSSR count). The van der Waals surface area contributed by atoms with Gasteiger partial charge in [-0.1, -0.05) is 6.07 Å². The number of aryl methyl sites for hydroxylation is 2. The molecule has 1 aliphatic heterocycles. The number of aromatic amines is 1. The van der Waals surface area contributed by atoms with Gasteiger partial charge in [0.15, 0.2) is 0 Å². The highest BCUT2D eigenvalue weighted by Crippen LogP contribution is 2.23. The summed E-state index contributed by atoms with van der Waals surface area (Å²) in [5.41, 5.74) is 5.12. The number of nitrogens with one attached hydrogen (secondary N) is 1. The van der Waals surface area contributed by atoms with Crippen molar-refractivity contribution in [2.45, 2.75) is 39.9 Å². The van der Waals surface area contributed by atoms with Crippen molar-refractivity contribution in [3.63, 3.8) is 0 Å². The van der Waals surface area contributed by atoms with Crippen LogP contribution in [-0.4, -0.2) is 44.9 Å². The number of aromatic nitrogens is 4. The lowest BCUT2D eigenvalue weighted by molar-refractivity contribution is 0.139. The fourth-order valence-corrected chi connectivity index (χ4v) is 3.54. The smallest absolute Gasteiger partial charge is 0.147 e. The summed E-state index contributed by atoms with van der Waals surface area (Å²) in [6, 6.07) is 6.61. The Kier molecular flexibility index (Phi) is 4.31. The summed E-state index contributed by atoms with van der Waals surface area (Å²) in [5, 5.41) is 10.0. The molecular formula is C19H25N5O. The highest BCUT2D eigenvalue weighted by Gasteiger charge is 2.16. The third-order valence-corrected chi connectivity index (χ3v) is 5.08. The fourth-order valence-electron chi connectivity index (χ4n) is 3.54. The standard InChI is InChI=1S/C19H25N5O/c1-13-4-5-17-16(14(13)2)10-15(20-17)11-23(3)12-19-22-21-18-6-8-25-9-7-24(18)19/h4-5,10,20H,6-9,11-12H2,1-3H3. The lowest BCUT2D eigenvalue weighted by atomic mass is 10.1. The molecule has 2 aromatic heterocycles. The molecule has 3 aromatic rings. The fraction of sp³-hybridized carbons (Fsp3) is 0.474. The Morgan fingerprint density at radius 1 is 1.20 bits per heavy atom. The summed E-state index contributed by atoms with van der Waals surface area (Å²) < 4.78 is 7.75. The topological polar surface area (TPSA) is 59.0 Å². The first-order valence-electron chi connectivity index (χ1n) is 8.87. The van der Waals surface area contributed by atoms with E-state index in [0.717, 1.165) is 50.9 Å². The molecule has 132 valence electrons. The van der Waals surface area contributed by atoms with Gasteiger partial charge in [-0.25, -0.2) is 0 Å². The second-order valence-electron chi connectivity index (χ2n) is 6.98. The molecule has 0 aliphatic carbocycles. The summed E-state index contributed by atoms with van der Waals surface area (Å²) >= 11 is 0. The monoisotopic (exact) mass is 339 g/mol. The first kappa shape index (κ1) is 16.3. The molecule has 0 fully saturated rings. The number of fused-ring (bicyclic) bond motifs is 2. The van der Waals surface area contributed by atoms with Crippen LogP contribution in [0.5, 0.6) is 0 Å². The third kappa shape index (κ3) is 3.19. The largest absolute Gasteiger partial charge is 0.379 e. The van der Waals surface area contributed by atoms with Crippen LogP contribution in [0.2, 0.25) is 0 Å². The van der Waals surface area contributed by atoms with Crippen LogP contribution in [-0.2, 0) is 30.8 Å². The zero-order chi connectivity index (χ0) is 17.4. The van der Waals surface area contributed by atoms with Crippen LogP contribution in [0, 0.1) is 13.8 Å². The Balaban J connectivity index is 1.50. The molecule has 0 radical (unpaired) electrons. The van der Waals surface area contributed by atoms with E-state index >= 15 is 0 Å². The minimum absolute atomic E-state index is 0.738. The first-order valence-corrected chi connectivity index (χ1v) is 8.87. The van der Waals surface area contributed by atoms with Crippen LogP contribution in [0.1, 0.15) is 28.5 Å². The van der Waals surface area contributed by atoms with Crippen molar-refractivity contribution in [3.8, 4) is 0 Å². The summed E-state index contributed by atoms with van der Waals surface area (Å²) in [7, 11) is 2.12. The summed E-state index contributed by atoms with van der Waals surface area (Å²) in [5.74, 6) is 2.06. The highest BCUT2D eigenvalue weighted by molar-refractivity contribution is 5.84. The number of hydrogen-bond acceptors (Lipinski definition) is 4. The van der Waals surface area contributed by atoms with Gasteiger partial charge in [-0.3, -0.25) is 4.90 Å². The maximum Gasteiger partial charge on any atom is 0.147 e. The maximum absolute atomic E-state index is 5.54. The van der Waals surface area contributed by atoms with Crippen molar-refractivity contribution in [2.24, 2.45) is 0 Å². The van der Waals surface area contributed by atoms with E-state index in [1.165, 1.54) is 27.7 Å². The molecule has 6 heteroatoms. The number of ether oxygens (including phenoxy) is 1. The van der Waals surface area contributed by atoms with Crippen LogP contribution in [0.25, 0.3) is 10.9 Å². The molecule has 0 atom stereocenters. The van der Waals surface area contributed by atoms with Gasteiger partial charge in [0.1, 0.15) is 11.6 Å².